The molecule has 0 aromatic carbocycles. The van der Waals surface area contributed by atoms with Crippen LogP contribution in [0.25, 0.3) is 0 Å². The number of anilines is 1. The van der Waals surface area contributed by atoms with E-state index in [1.165, 1.54) is 6.20 Å². The lowest BCUT2D eigenvalue weighted by molar-refractivity contribution is 0.112. The molecule has 19 heavy (non-hydrogen) atoms. The molecule has 0 unspecified atom stereocenters. The first-order valence-electron chi connectivity index (χ1n) is 6.39. The highest BCUT2D eigenvalue weighted by atomic mass is 35.5. The van der Waals surface area contributed by atoms with E-state index in [9.17, 15) is 9.82 Å². The standard InChI is InChI=1S/C12H17BClN3O2/c1-13(19)17-4-2-10(3-5-17)16-11-6-12(14)15-7-9(11)8-18/h6-8,10,19H,2-5H2,1H3,(H,15,16). The number of carbonyl (C=O) groups excluding carboxylic acids is 1. The molecule has 2 N–H and O–H groups in total. The summed E-state index contributed by atoms with van der Waals surface area (Å²) in [6.07, 6.45) is 4.09. The van der Waals surface area contributed by atoms with Gasteiger partial charge in [-0.15, -0.1) is 0 Å². The van der Waals surface area contributed by atoms with E-state index in [0.29, 0.717) is 10.7 Å². The molecule has 0 aliphatic carbocycles. The van der Waals surface area contributed by atoms with Gasteiger partial charge in [0.05, 0.1) is 5.56 Å². The molecule has 1 aromatic rings. The minimum Gasteiger partial charge on any atom is -0.437 e. The number of hydrogen-bond donors (Lipinski definition) is 2. The largest absolute Gasteiger partial charge is 0.437 e. The Hall–Kier alpha value is -1.11. The molecule has 0 radical (unpaired) electrons. The molecule has 2 heterocycles. The third-order valence-corrected chi connectivity index (χ3v) is 3.65. The lowest BCUT2D eigenvalue weighted by Gasteiger charge is -2.33. The highest BCUT2D eigenvalue weighted by Gasteiger charge is 2.24. The third-order valence-electron chi connectivity index (χ3n) is 3.45. The summed E-state index contributed by atoms with van der Waals surface area (Å²) in [4.78, 5) is 16.9. The SMILES string of the molecule is CB(O)N1CCC(Nc2cc(Cl)ncc2C=O)CC1. The minimum absolute atomic E-state index is 0.284. The average molecular weight is 282 g/mol. The summed E-state index contributed by atoms with van der Waals surface area (Å²) in [7, 11) is -0.401. The van der Waals surface area contributed by atoms with Crippen LogP contribution < -0.4 is 5.32 Å². The maximum Gasteiger partial charge on any atom is 0.376 e. The zero-order valence-corrected chi connectivity index (χ0v) is 11.6. The molecule has 0 saturated carbocycles. The molecule has 0 amide bonds. The van der Waals surface area contributed by atoms with Gasteiger partial charge in [0.15, 0.2) is 6.29 Å². The topological polar surface area (TPSA) is 65.5 Å². The highest BCUT2D eigenvalue weighted by Crippen LogP contribution is 2.21. The second kappa shape index (κ2) is 6.37. The van der Waals surface area contributed by atoms with E-state index in [4.69, 9.17) is 11.6 Å². The van der Waals surface area contributed by atoms with Gasteiger partial charge in [0.25, 0.3) is 0 Å². The number of halogens is 1. The first-order chi connectivity index (χ1) is 9.10. The molecule has 1 aliphatic heterocycles. The van der Waals surface area contributed by atoms with Crippen molar-refractivity contribution in [3.8, 4) is 0 Å². The summed E-state index contributed by atoms with van der Waals surface area (Å²) < 4.78 is 0. The molecule has 1 aliphatic rings. The third kappa shape index (κ3) is 3.68. The quantitative estimate of drug-likeness (QED) is 0.498. The number of hydrogen-bond acceptors (Lipinski definition) is 5. The molecule has 1 aromatic heterocycles. The Balaban J connectivity index is 1.99. The van der Waals surface area contributed by atoms with E-state index >= 15 is 0 Å². The van der Waals surface area contributed by atoms with Crippen LogP contribution in [0.1, 0.15) is 23.2 Å². The maximum absolute atomic E-state index is 11.0. The zero-order chi connectivity index (χ0) is 13.8. The van der Waals surface area contributed by atoms with E-state index in [0.717, 1.165) is 37.9 Å². The van der Waals surface area contributed by atoms with Gasteiger partial charge < -0.3 is 15.2 Å². The lowest BCUT2D eigenvalue weighted by atomic mass is 9.82. The highest BCUT2D eigenvalue weighted by molar-refractivity contribution is 6.45. The van der Waals surface area contributed by atoms with Crippen molar-refractivity contribution in [3.05, 3.63) is 23.0 Å². The van der Waals surface area contributed by atoms with Crippen LogP contribution in [0.5, 0.6) is 0 Å². The molecule has 0 atom stereocenters. The summed E-state index contributed by atoms with van der Waals surface area (Å²) in [5.74, 6) is 0. The first-order valence-corrected chi connectivity index (χ1v) is 6.77. The fourth-order valence-corrected chi connectivity index (χ4v) is 2.45. The minimum atomic E-state index is -0.401. The average Bonchev–Trinajstić information content (AvgIpc) is 2.39. The van der Waals surface area contributed by atoms with Crippen molar-refractivity contribution in [2.75, 3.05) is 18.4 Å². The summed E-state index contributed by atoms with van der Waals surface area (Å²) in [6.45, 7) is 3.45. The molecule has 1 saturated heterocycles. The molecular weight excluding hydrogens is 264 g/mol. The summed E-state index contributed by atoms with van der Waals surface area (Å²) in [5.41, 5.74) is 1.24. The fourth-order valence-electron chi connectivity index (χ4n) is 2.30. The second-order valence-corrected chi connectivity index (χ2v) is 5.19. The lowest BCUT2D eigenvalue weighted by Crippen LogP contribution is -2.45. The Morgan fingerprint density at radius 1 is 1.58 bits per heavy atom. The van der Waals surface area contributed by atoms with Crippen molar-refractivity contribution >= 4 is 30.6 Å². The smallest absolute Gasteiger partial charge is 0.376 e. The zero-order valence-electron chi connectivity index (χ0n) is 10.8. The van der Waals surface area contributed by atoms with E-state index in [1.54, 1.807) is 12.9 Å². The summed E-state index contributed by atoms with van der Waals surface area (Å²) >= 11 is 5.85. The number of aromatic nitrogens is 1. The van der Waals surface area contributed by atoms with Crippen LogP contribution in [0.4, 0.5) is 5.69 Å². The van der Waals surface area contributed by atoms with Gasteiger partial charge >= 0.3 is 7.05 Å². The second-order valence-electron chi connectivity index (χ2n) is 4.80. The number of nitrogens with one attached hydrogen (secondary N) is 1. The van der Waals surface area contributed by atoms with Crippen LogP contribution in [0.15, 0.2) is 12.3 Å². The normalized spacial score (nSPS) is 17.2. The number of aldehydes is 1. The molecule has 0 bridgehead atoms. The summed E-state index contributed by atoms with van der Waals surface area (Å²) in [5, 5.41) is 13.2. The number of pyridine rings is 1. The number of piperidine rings is 1. The van der Waals surface area contributed by atoms with Gasteiger partial charge in [-0.2, -0.15) is 0 Å². The molecule has 102 valence electrons. The van der Waals surface area contributed by atoms with Gasteiger partial charge in [0.1, 0.15) is 5.15 Å². The van der Waals surface area contributed by atoms with Gasteiger partial charge in [-0.05, 0) is 38.8 Å². The molecule has 5 nitrogen and oxygen atoms in total. The van der Waals surface area contributed by atoms with Gasteiger partial charge in [-0.1, -0.05) is 11.6 Å². The van der Waals surface area contributed by atoms with Crippen LogP contribution in [0.3, 0.4) is 0 Å². The van der Waals surface area contributed by atoms with Crippen LogP contribution in [-0.4, -0.2) is 47.3 Å². The van der Waals surface area contributed by atoms with Crippen molar-refractivity contribution < 1.29 is 9.82 Å². The summed E-state index contributed by atoms with van der Waals surface area (Å²) in [6, 6.07) is 1.96. The molecule has 7 heteroatoms. The van der Waals surface area contributed by atoms with Gasteiger partial charge in [0.2, 0.25) is 0 Å². The molecule has 1 fully saturated rings. The predicted molar refractivity (Wildman–Crippen MR) is 76.7 cm³/mol. The van der Waals surface area contributed by atoms with Gasteiger partial charge in [-0.3, -0.25) is 4.79 Å². The van der Waals surface area contributed by atoms with Crippen molar-refractivity contribution in [2.45, 2.75) is 25.7 Å². The van der Waals surface area contributed by atoms with Crippen LogP contribution in [0.2, 0.25) is 12.0 Å². The Bertz CT molecular complexity index is 451. The van der Waals surface area contributed by atoms with Crippen molar-refractivity contribution in [2.24, 2.45) is 0 Å². The maximum atomic E-state index is 11.0. The van der Waals surface area contributed by atoms with E-state index in [-0.39, 0.29) is 6.04 Å². The van der Waals surface area contributed by atoms with Crippen LogP contribution in [-0.2, 0) is 0 Å². The van der Waals surface area contributed by atoms with E-state index < -0.39 is 7.05 Å². The Morgan fingerprint density at radius 2 is 2.26 bits per heavy atom. The Labute approximate surface area is 118 Å². The molecular formula is C12H17BClN3O2. The monoisotopic (exact) mass is 281 g/mol. The fraction of sp³-hybridized carbons (Fsp3) is 0.500. The van der Waals surface area contributed by atoms with Gasteiger partial charge in [-0.25, -0.2) is 4.98 Å². The van der Waals surface area contributed by atoms with Crippen LogP contribution in [0, 0.1) is 0 Å². The Morgan fingerprint density at radius 3 is 2.84 bits per heavy atom. The molecule has 2 rings (SSSR count). The Kier molecular flexibility index (Phi) is 4.79. The molecule has 0 spiro atoms. The predicted octanol–water partition coefficient (Wildman–Crippen LogP) is 1.53. The van der Waals surface area contributed by atoms with Gasteiger partial charge in [0, 0.05) is 17.9 Å². The van der Waals surface area contributed by atoms with E-state index in [2.05, 4.69) is 10.3 Å². The van der Waals surface area contributed by atoms with Crippen molar-refractivity contribution in [3.63, 3.8) is 0 Å². The van der Waals surface area contributed by atoms with Crippen molar-refractivity contribution in [1.29, 1.82) is 0 Å². The van der Waals surface area contributed by atoms with Crippen molar-refractivity contribution in [1.82, 2.24) is 9.79 Å². The number of nitrogens with zero attached hydrogens (tertiary/aromatic N) is 2. The van der Waals surface area contributed by atoms with E-state index in [1.807, 2.05) is 4.81 Å². The van der Waals surface area contributed by atoms with Crippen LogP contribution >= 0.6 is 11.6 Å². The number of rotatable bonds is 4. The first kappa shape index (κ1) is 14.3. The number of carbonyl (C=O) groups is 1.